The van der Waals surface area contributed by atoms with Crippen LogP contribution in [0, 0.1) is 0 Å². The largest absolute Gasteiger partial charge is 0.309 e. The van der Waals surface area contributed by atoms with Crippen molar-refractivity contribution in [1.82, 2.24) is 4.90 Å². The lowest BCUT2D eigenvalue weighted by Gasteiger charge is -2.05. The smallest absolute Gasteiger partial charge is 0.000980 e. The highest BCUT2D eigenvalue weighted by molar-refractivity contribution is 4.81. The molecule has 60 valence electrons. The Morgan fingerprint density at radius 3 is 2.20 bits per heavy atom. The van der Waals surface area contributed by atoms with Crippen LogP contribution >= 0.6 is 0 Å². The zero-order chi connectivity index (χ0) is 7.82. The van der Waals surface area contributed by atoms with E-state index in [9.17, 15) is 0 Å². The molecule has 0 aliphatic heterocycles. The van der Waals surface area contributed by atoms with Gasteiger partial charge in [-0.1, -0.05) is 25.5 Å². The first kappa shape index (κ1) is 9.70. The molecule has 0 N–H and O–H groups in total. The van der Waals surface area contributed by atoms with Gasteiger partial charge in [0.15, 0.2) is 0 Å². The molecule has 0 heterocycles. The van der Waals surface area contributed by atoms with Crippen LogP contribution in [0.3, 0.4) is 0 Å². The minimum Gasteiger partial charge on any atom is -0.309 e. The second-order valence-corrected chi connectivity index (χ2v) is 2.85. The van der Waals surface area contributed by atoms with Crippen LogP contribution in [0.1, 0.15) is 26.2 Å². The number of hydrogen-bond acceptors (Lipinski definition) is 1. The first-order valence-electron chi connectivity index (χ1n) is 4.07. The van der Waals surface area contributed by atoms with Crippen molar-refractivity contribution in [3.8, 4) is 0 Å². The summed E-state index contributed by atoms with van der Waals surface area (Å²) in [7, 11) is 4.21. The van der Waals surface area contributed by atoms with Crippen LogP contribution in [-0.2, 0) is 0 Å². The second kappa shape index (κ2) is 6.81. The quantitative estimate of drug-likeness (QED) is 0.531. The summed E-state index contributed by atoms with van der Waals surface area (Å²) in [4.78, 5) is 2.20. The number of rotatable bonds is 5. The molecule has 0 fully saturated rings. The number of unbranched alkanes of at least 4 members (excludes halogenated alkanes) is 1. The topological polar surface area (TPSA) is 3.24 Å². The van der Waals surface area contributed by atoms with Crippen LogP contribution in [0.2, 0.25) is 0 Å². The van der Waals surface area contributed by atoms with E-state index in [1.165, 1.54) is 25.8 Å². The fourth-order valence-electron chi connectivity index (χ4n) is 0.735. The third-order valence-electron chi connectivity index (χ3n) is 1.36. The van der Waals surface area contributed by atoms with Crippen molar-refractivity contribution in [1.29, 1.82) is 0 Å². The second-order valence-electron chi connectivity index (χ2n) is 2.85. The summed E-state index contributed by atoms with van der Waals surface area (Å²) in [5.74, 6) is 0. The first-order chi connectivity index (χ1) is 4.77. The van der Waals surface area contributed by atoms with Gasteiger partial charge in [-0.2, -0.15) is 0 Å². The third-order valence-corrected chi connectivity index (χ3v) is 1.36. The summed E-state index contributed by atoms with van der Waals surface area (Å²) in [6.07, 6.45) is 8.21. The molecule has 0 aromatic rings. The summed E-state index contributed by atoms with van der Waals surface area (Å²) in [6, 6.07) is 0. The molecule has 0 radical (unpaired) electrons. The monoisotopic (exact) mass is 141 g/mol. The van der Waals surface area contributed by atoms with E-state index in [4.69, 9.17) is 0 Å². The Bertz CT molecular complexity index is 84.7. The summed E-state index contributed by atoms with van der Waals surface area (Å²) in [5.41, 5.74) is 0. The third kappa shape index (κ3) is 7.70. The molecule has 0 bridgehead atoms. The molecule has 0 aromatic carbocycles. The molecule has 0 aliphatic carbocycles. The fraction of sp³-hybridized carbons (Fsp3) is 0.778. The Labute approximate surface area is 64.7 Å². The van der Waals surface area contributed by atoms with Gasteiger partial charge in [-0.05, 0) is 26.9 Å². The Hall–Kier alpha value is -0.300. The normalized spacial score (nSPS) is 11.6. The zero-order valence-corrected chi connectivity index (χ0v) is 7.43. The molecule has 0 aromatic heterocycles. The van der Waals surface area contributed by atoms with E-state index in [1.54, 1.807) is 0 Å². The molecule has 0 aliphatic rings. The first-order valence-corrected chi connectivity index (χ1v) is 4.07. The molecule has 1 heteroatoms. The number of hydrogen-bond donors (Lipinski definition) is 0. The summed E-state index contributed by atoms with van der Waals surface area (Å²) in [6.45, 7) is 3.37. The van der Waals surface area contributed by atoms with E-state index >= 15 is 0 Å². The maximum Gasteiger partial charge on any atom is 0.000980 e. The number of nitrogens with zero attached hydrogens (tertiary/aromatic N) is 1. The molecule has 0 unspecified atom stereocenters. The van der Waals surface area contributed by atoms with Gasteiger partial charge in [0, 0.05) is 6.54 Å². The van der Waals surface area contributed by atoms with E-state index in [-0.39, 0.29) is 0 Å². The molecule has 10 heavy (non-hydrogen) atoms. The molecule has 0 amide bonds. The molecule has 0 saturated heterocycles. The van der Waals surface area contributed by atoms with E-state index in [1.807, 2.05) is 0 Å². The van der Waals surface area contributed by atoms with Crippen molar-refractivity contribution in [3.63, 3.8) is 0 Å². The molecule has 0 spiro atoms. The van der Waals surface area contributed by atoms with E-state index in [0.717, 1.165) is 0 Å². The van der Waals surface area contributed by atoms with Crippen LogP contribution in [0.4, 0.5) is 0 Å². The highest BCUT2D eigenvalue weighted by Gasteiger charge is 1.83. The van der Waals surface area contributed by atoms with Crippen molar-refractivity contribution in [2.75, 3.05) is 20.6 Å². The highest BCUT2D eigenvalue weighted by atomic mass is 15.0. The Balaban J connectivity index is 3.02. The lowest BCUT2D eigenvalue weighted by atomic mass is 10.3. The van der Waals surface area contributed by atoms with Gasteiger partial charge in [0.05, 0.1) is 0 Å². The average Bonchev–Trinajstić information content (AvgIpc) is 1.87. The molecular weight excluding hydrogens is 122 g/mol. The SMILES string of the molecule is CCC/C=C\CCN(C)C. The lowest BCUT2D eigenvalue weighted by Crippen LogP contribution is -2.11. The van der Waals surface area contributed by atoms with Gasteiger partial charge in [-0.3, -0.25) is 0 Å². The predicted molar refractivity (Wildman–Crippen MR) is 47.2 cm³/mol. The Morgan fingerprint density at radius 2 is 1.70 bits per heavy atom. The Morgan fingerprint density at radius 1 is 1.10 bits per heavy atom. The van der Waals surface area contributed by atoms with Gasteiger partial charge >= 0.3 is 0 Å². The van der Waals surface area contributed by atoms with Crippen molar-refractivity contribution >= 4 is 0 Å². The highest BCUT2D eigenvalue weighted by Crippen LogP contribution is 1.91. The predicted octanol–water partition coefficient (Wildman–Crippen LogP) is 2.29. The lowest BCUT2D eigenvalue weighted by molar-refractivity contribution is 0.417. The van der Waals surface area contributed by atoms with Crippen molar-refractivity contribution in [2.24, 2.45) is 0 Å². The average molecular weight is 141 g/mol. The zero-order valence-electron chi connectivity index (χ0n) is 7.43. The van der Waals surface area contributed by atoms with Crippen molar-refractivity contribution in [2.45, 2.75) is 26.2 Å². The fourth-order valence-corrected chi connectivity index (χ4v) is 0.735. The van der Waals surface area contributed by atoms with Crippen LogP contribution in [0.25, 0.3) is 0 Å². The van der Waals surface area contributed by atoms with Crippen molar-refractivity contribution < 1.29 is 0 Å². The Kier molecular flexibility index (Phi) is 6.61. The van der Waals surface area contributed by atoms with Gasteiger partial charge < -0.3 is 4.90 Å². The summed E-state index contributed by atoms with van der Waals surface area (Å²) < 4.78 is 0. The van der Waals surface area contributed by atoms with Crippen LogP contribution in [-0.4, -0.2) is 25.5 Å². The maximum atomic E-state index is 2.27. The minimum atomic E-state index is 1.17. The van der Waals surface area contributed by atoms with Crippen LogP contribution in [0.5, 0.6) is 0 Å². The van der Waals surface area contributed by atoms with E-state index < -0.39 is 0 Å². The minimum absolute atomic E-state index is 1.17. The summed E-state index contributed by atoms with van der Waals surface area (Å²) >= 11 is 0. The van der Waals surface area contributed by atoms with Crippen LogP contribution in [0.15, 0.2) is 12.2 Å². The van der Waals surface area contributed by atoms with Gasteiger partial charge in [0.1, 0.15) is 0 Å². The molecular formula is C9H19N. The molecule has 0 rings (SSSR count). The summed E-state index contributed by atoms with van der Waals surface area (Å²) in [5, 5.41) is 0. The van der Waals surface area contributed by atoms with E-state index in [0.29, 0.717) is 0 Å². The van der Waals surface area contributed by atoms with Gasteiger partial charge in [-0.15, -0.1) is 0 Å². The number of allylic oxidation sites excluding steroid dienone is 1. The van der Waals surface area contributed by atoms with Gasteiger partial charge in [0.25, 0.3) is 0 Å². The molecule has 0 atom stereocenters. The maximum absolute atomic E-state index is 2.27. The van der Waals surface area contributed by atoms with Crippen LogP contribution < -0.4 is 0 Å². The van der Waals surface area contributed by atoms with Crippen molar-refractivity contribution in [3.05, 3.63) is 12.2 Å². The van der Waals surface area contributed by atoms with E-state index in [2.05, 4.69) is 38.1 Å². The standard InChI is InChI=1S/C9H19N/c1-4-5-6-7-8-9-10(2)3/h6-7H,4-5,8-9H2,1-3H3/b7-6-. The van der Waals surface area contributed by atoms with Gasteiger partial charge in [-0.25, -0.2) is 0 Å². The molecule has 1 nitrogen and oxygen atoms in total. The molecule has 0 saturated carbocycles. The van der Waals surface area contributed by atoms with Gasteiger partial charge in [0.2, 0.25) is 0 Å².